The maximum absolute atomic E-state index is 8.48. The lowest BCUT2D eigenvalue weighted by Crippen LogP contribution is -2.34. The number of nitrogens with zero attached hydrogens (tertiary/aromatic N) is 2. The Labute approximate surface area is 115 Å². The summed E-state index contributed by atoms with van der Waals surface area (Å²) in [5, 5.41) is 14.1. The highest BCUT2D eigenvalue weighted by Gasteiger charge is 1.96. The minimum absolute atomic E-state index is 0.543. The molecule has 1 rings (SSSR count). The number of nitrogens with one attached hydrogen (secondary N) is 2. The van der Waals surface area contributed by atoms with Crippen LogP contribution < -0.4 is 10.6 Å². The molecule has 0 aliphatic heterocycles. The van der Waals surface area contributed by atoms with Crippen LogP contribution in [0, 0.1) is 18.4 Å². The van der Waals surface area contributed by atoms with Gasteiger partial charge in [-0.2, -0.15) is 5.26 Å². The summed E-state index contributed by atoms with van der Waals surface area (Å²) in [4.78, 5) is 3.92. The smallest absolute Gasteiger partial charge is 0.204 e. The summed E-state index contributed by atoms with van der Waals surface area (Å²) in [6.45, 7) is 2.97. The minimum Gasteiger partial charge on any atom is -0.356 e. The van der Waals surface area contributed by atoms with Crippen molar-refractivity contribution in [3.8, 4) is 6.19 Å². The standard InChI is InChI=1S/C15H22N4/c1-13-7-6-9-14(11-13)8-4-3-5-10-18-15(17-2)19-12-16/h6-7,9,11H,3-5,8,10H2,1-2H3,(H2,17,18,19). The topological polar surface area (TPSA) is 60.2 Å². The van der Waals surface area contributed by atoms with E-state index in [4.69, 9.17) is 5.26 Å². The Hall–Kier alpha value is -2.02. The quantitative estimate of drug-likeness (QED) is 0.271. The molecule has 0 fully saturated rings. The molecular weight excluding hydrogens is 236 g/mol. The minimum atomic E-state index is 0.543. The van der Waals surface area contributed by atoms with Gasteiger partial charge in [0.05, 0.1) is 0 Å². The van der Waals surface area contributed by atoms with Crippen molar-refractivity contribution in [2.24, 2.45) is 4.99 Å². The number of aliphatic imine (C=N–C) groups is 1. The Kier molecular flexibility index (Phi) is 7.11. The molecule has 0 radical (unpaired) electrons. The molecule has 102 valence electrons. The largest absolute Gasteiger partial charge is 0.356 e. The van der Waals surface area contributed by atoms with Gasteiger partial charge in [0.1, 0.15) is 0 Å². The predicted octanol–water partition coefficient (Wildman–Crippen LogP) is 2.35. The molecule has 0 heterocycles. The summed E-state index contributed by atoms with van der Waals surface area (Å²) in [5.74, 6) is 0.543. The van der Waals surface area contributed by atoms with Crippen LogP contribution in [0.15, 0.2) is 29.3 Å². The molecule has 0 aliphatic rings. The highest BCUT2D eigenvalue weighted by atomic mass is 15.2. The lowest BCUT2D eigenvalue weighted by Gasteiger charge is -2.07. The maximum Gasteiger partial charge on any atom is 0.204 e. The SMILES string of the molecule is CN=C(NC#N)NCCCCCc1cccc(C)c1. The Bertz CT molecular complexity index is 446. The second kappa shape index (κ2) is 8.98. The van der Waals surface area contributed by atoms with Crippen LogP contribution in [0.5, 0.6) is 0 Å². The fourth-order valence-electron chi connectivity index (χ4n) is 1.94. The molecule has 0 aromatic heterocycles. The molecule has 4 heteroatoms. The van der Waals surface area contributed by atoms with E-state index in [1.54, 1.807) is 7.05 Å². The second-order valence-electron chi connectivity index (χ2n) is 4.54. The average molecular weight is 258 g/mol. The van der Waals surface area contributed by atoms with Crippen LogP contribution in [0.25, 0.3) is 0 Å². The van der Waals surface area contributed by atoms with Crippen LogP contribution in [-0.4, -0.2) is 19.6 Å². The van der Waals surface area contributed by atoms with Gasteiger partial charge in [0.25, 0.3) is 0 Å². The number of nitriles is 1. The number of aryl methyl sites for hydroxylation is 2. The molecule has 0 atom stereocenters. The zero-order valence-electron chi connectivity index (χ0n) is 11.7. The molecule has 0 spiro atoms. The van der Waals surface area contributed by atoms with Crippen LogP contribution >= 0.6 is 0 Å². The summed E-state index contributed by atoms with van der Waals surface area (Å²) in [7, 11) is 1.66. The van der Waals surface area contributed by atoms with E-state index in [1.165, 1.54) is 24.0 Å². The Morgan fingerprint density at radius 1 is 1.32 bits per heavy atom. The van der Waals surface area contributed by atoms with Crippen molar-refractivity contribution >= 4 is 5.96 Å². The van der Waals surface area contributed by atoms with Crippen LogP contribution in [-0.2, 0) is 6.42 Å². The number of hydrogen-bond donors (Lipinski definition) is 2. The molecule has 0 saturated heterocycles. The van der Waals surface area contributed by atoms with Crippen LogP contribution in [0.3, 0.4) is 0 Å². The zero-order chi connectivity index (χ0) is 13.9. The van der Waals surface area contributed by atoms with Crippen molar-refractivity contribution < 1.29 is 0 Å². The normalized spacial score (nSPS) is 10.9. The lowest BCUT2D eigenvalue weighted by atomic mass is 10.1. The van der Waals surface area contributed by atoms with Gasteiger partial charge in [-0.15, -0.1) is 0 Å². The van der Waals surface area contributed by atoms with Crippen LogP contribution in [0.1, 0.15) is 30.4 Å². The first kappa shape index (κ1) is 15.0. The summed E-state index contributed by atoms with van der Waals surface area (Å²) < 4.78 is 0. The van der Waals surface area contributed by atoms with E-state index >= 15 is 0 Å². The van der Waals surface area contributed by atoms with E-state index in [2.05, 4.69) is 46.8 Å². The van der Waals surface area contributed by atoms with E-state index < -0.39 is 0 Å². The van der Waals surface area contributed by atoms with Gasteiger partial charge in [0, 0.05) is 13.6 Å². The van der Waals surface area contributed by atoms with Crippen molar-refractivity contribution in [3.63, 3.8) is 0 Å². The Morgan fingerprint density at radius 2 is 2.16 bits per heavy atom. The van der Waals surface area contributed by atoms with Gasteiger partial charge >= 0.3 is 0 Å². The lowest BCUT2D eigenvalue weighted by molar-refractivity contribution is 0.660. The van der Waals surface area contributed by atoms with Crippen molar-refractivity contribution in [1.29, 1.82) is 5.26 Å². The van der Waals surface area contributed by atoms with Gasteiger partial charge in [-0.05, 0) is 31.7 Å². The second-order valence-corrected chi connectivity index (χ2v) is 4.54. The molecule has 0 amide bonds. The van der Waals surface area contributed by atoms with Crippen LogP contribution in [0.4, 0.5) is 0 Å². The van der Waals surface area contributed by atoms with Crippen LogP contribution in [0.2, 0.25) is 0 Å². The van der Waals surface area contributed by atoms with Gasteiger partial charge < -0.3 is 5.32 Å². The molecule has 0 saturated carbocycles. The molecule has 0 unspecified atom stereocenters. The van der Waals surface area contributed by atoms with E-state index in [0.717, 1.165) is 19.4 Å². The number of unbranched alkanes of at least 4 members (excludes halogenated alkanes) is 2. The Morgan fingerprint density at radius 3 is 2.84 bits per heavy atom. The van der Waals surface area contributed by atoms with Gasteiger partial charge in [-0.3, -0.25) is 10.3 Å². The molecule has 1 aromatic carbocycles. The highest BCUT2D eigenvalue weighted by Crippen LogP contribution is 2.08. The third-order valence-electron chi connectivity index (χ3n) is 2.92. The summed E-state index contributed by atoms with van der Waals surface area (Å²) in [6.07, 6.45) is 6.43. The molecule has 19 heavy (non-hydrogen) atoms. The average Bonchev–Trinajstić information content (AvgIpc) is 2.41. The van der Waals surface area contributed by atoms with E-state index in [1.807, 2.05) is 6.19 Å². The van der Waals surface area contributed by atoms with Crippen molar-refractivity contribution in [1.82, 2.24) is 10.6 Å². The predicted molar refractivity (Wildman–Crippen MR) is 78.8 cm³/mol. The van der Waals surface area contributed by atoms with Crippen molar-refractivity contribution in [2.75, 3.05) is 13.6 Å². The van der Waals surface area contributed by atoms with Gasteiger partial charge in [-0.1, -0.05) is 36.2 Å². The van der Waals surface area contributed by atoms with Gasteiger partial charge in [0.2, 0.25) is 5.96 Å². The monoisotopic (exact) mass is 258 g/mol. The first-order valence-electron chi connectivity index (χ1n) is 6.67. The molecular formula is C15H22N4. The Balaban J connectivity index is 2.10. The number of rotatable bonds is 6. The molecule has 0 aliphatic carbocycles. The van der Waals surface area contributed by atoms with E-state index in [9.17, 15) is 0 Å². The molecule has 4 nitrogen and oxygen atoms in total. The third kappa shape index (κ3) is 6.46. The number of hydrogen-bond acceptors (Lipinski definition) is 2. The van der Waals surface area contributed by atoms with Gasteiger partial charge in [0.15, 0.2) is 6.19 Å². The highest BCUT2D eigenvalue weighted by molar-refractivity contribution is 5.80. The molecule has 1 aromatic rings. The number of benzene rings is 1. The summed E-state index contributed by atoms with van der Waals surface area (Å²) in [5.41, 5.74) is 2.74. The van der Waals surface area contributed by atoms with Crippen molar-refractivity contribution in [3.05, 3.63) is 35.4 Å². The van der Waals surface area contributed by atoms with E-state index in [0.29, 0.717) is 5.96 Å². The fourth-order valence-corrected chi connectivity index (χ4v) is 1.94. The molecule has 0 bridgehead atoms. The summed E-state index contributed by atoms with van der Waals surface area (Å²) in [6, 6.07) is 8.67. The van der Waals surface area contributed by atoms with Crippen molar-refractivity contribution in [2.45, 2.75) is 32.6 Å². The summed E-state index contributed by atoms with van der Waals surface area (Å²) >= 11 is 0. The van der Waals surface area contributed by atoms with E-state index in [-0.39, 0.29) is 0 Å². The van der Waals surface area contributed by atoms with Gasteiger partial charge in [-0.25, -0.2) is 0 Å². The first-order chi connectivity index (χ1) is 9.26. The zero-order valence-corrected chi connectivity index (χ0v) is 11.7. The number of guanidine groups is 1. The fraction of sp³-hybridized carbons (Fsp3) is 0.467. The molecule has 2 N–H and O–H groups in total. The maximum atomic E-state index is 8.48. The first-order valence-corrected chi connectivity index (χ1v) is 6.67. The third-order valence-corrected chi connectivity index (χ3v) is 2.92.